The SMILES string of the molecule is COC(=O)C(C)CN(CCc1ccccc1)C(=O)c1ccc(C)cc1. The maximum atomic E-state index is 12.9. The van der Waals surface area contributed by atoms with Crippen LogP contribution in [0.3, 0.4) is 0 Å². The van der Waals surface area contributed by atoms with E-state index in [9.17, 15) is 9.59 Å². The van der Waals surface area contributed by atoms with Gasteiger partial charge in [-0.2, -0.15) is 0 Å². The summed E-state index contributed by atoms with van der Waals surface area (Å²) in [4.78, 5) is 26.4. The van der Waals surface area contributed by atoms with Crippen LogP contribution in [0.25, 0.3) is 0 Å². The Morgan fingerprint density at radius 3 is 2.28 bits per heavy atom. The van der Waals surface area contributed by atoms with Crippen molar-refractivity contribution in [1.29, 1.82) is 0 Å². The quantitative estimate of drug-likeness (QED) is 0.726. The number of ether oxygens (including phenoxy) is 1. The number of amides is 1. The third kappa shape index (κ3) is 5.45. The first-order valence-electron chi connectivity index (χ1n) is 8.49. The van der Waals surface area contributed by atoms with Crippen molar-refractivity contribution in [2.75, 3.05) is 20.2 Å². The van der Waals surface area contributed by atoms with Crippen LogP contribution in [0.4, 0.5) is 0 Å². The first-order chi connectivity index (χ1) is 12.0. The molecule has 0 aliphatic rings. The van der Waals surface area contributed by atoms with Crippen LogP contribution in [0.15, 0.2) is 54.6 Å². The van der Waals surface area contributed by atoms with E-state index in [-0.39, 0.29) is 17.8 Å². The van der Waals surface area contributed by atoms with Gasteiger partial charge < -0.3 is 9.64 Å². The highest BCUT2D eigenvalue weighted by Crippen LogP contribution is 2.12. The molecule has 0 spiro atoms. The predicted molar refractivity (Wildman–Crippen MR) is 98.4 cm³/mol. The standard InChI is InChI=1S/C21H25NO3/c1-16-9-11-19(12-10-16)20(23)22(15-17(2)21(24)25-3)14-13-18-7-5-4-6-8-18/h4-12,17H,13-15H2,1-3H3. The normalized spacial score (nSPS) is 11.6. The van der Waals surface area contributed by atoms with Crippen molar-refractivity contribution in [3.05, 3.63) is 71.3 Å². The molecule has 1 unspecified atom stereocenters. The molecule has 2 aromatic rings. The molecule has 132 valence electrons. The van der Waals surface area contributed by atoms with Crippen LogP contribution in [-0.4, -0.2) is 37.0 Å². The average molecular weight is 339 g/mol. The van der Waals surface area contributed by atoms with Gasteiger partial charge in [-0.1, -0.05) is 55.0 Å². The second-order valence-electron chi connectivity index (χ2n) is 6.28. The van der Waals surface area contributed by atoms with E-state index in [2.05, 4.69) is 0 Å². The summed E-state index contributed by atoms with van der Waals surface area (Å²) in [5, 5.41) is 0. The molecule has 2 aromatic carbocycles. The lowest BCUT2D eigenvalue weighted by molar-refractivity contribution is -0.145. The second-order valence-corrected chi connectivity index (χ2v) is 6.28. The minimum absolute atomic E-state index is 0.0633. The molecule has 4 heteroatoms. The number of benzene rings is 2. The van der Waals surface area contributed by atoms with E-state index in [1.165, 1.54) is 7.11 Å². The number of hydrogen-bond donors (Lipinski definition) is 0. The molecule has 0 bridgehead atoms. The first-order valence-corrected chi connectivity index (χ1v) is 8.49. The summed E-state index contributed by atoms with van der Waals surface area (Å²) >= 11 is 0. The number of hydrogen-bond acceptors (Lipinski definition) is 3. The van der Waals surface area contributed by atoms with E-state index in [1.54, 1.807) is 11.8 Å². The smallest absolute Gasteiger partial charge is 0.310 e. The Labute approximate surface area is 149 Å². The van der Waals surface area contributed by atoms with Gasteiger partial charge in [0.15, 0.2) is 0 Å². The third-order valence-corrected chi connectivity index (χ3v) is 4.20. The van der Waals surface area contributed by atoms with Crippen molar-refractivity contribution in [2.24, 2.45) is 5.92 Å². The van der Waals surface area contributed by atoms with Crippen LogP contribution in [0.2, 0.25) is 0 Å². The molecule has 0 heterocycles. The second kappa shape index (κ2) is 9.02. The van der Waals surface area contributed by atoms with Crippen LogP contribution in [0, 0.1) is 12.8 Å². The Morgan fingerprint density at radius 2 is 1.68 bits per heavy atom. The van der Waals surface area contributed by atoms with Crippen molar-refractivity contribution in [2.45, 2.75) is 20.3 Å². The third-order valence-electron chi connectivity index (χ3n) is 4.20. The van der Waals surface area contributed by atoms with E-state index < -0.39 is 0 Å². The first kappa shape index (κ1) is 18.7. The Balaban J connectivity index is 2.13. The molecule has 0 radical (unpaired) electrons. The lowest BCUT2D eigenvalue weighted by Crippen LogP contribution is -2.38. The summed E-state index contributed by atoms with van der Waals surface area (Å²) in [5.74, 6) is -0.733. The van der Waals surface area contributed by atoms with Crippen LogP contribution >= 0.6 is 0 Å². The highest BCUT2D eigenvalue weighted by atomic mass is 16.5. The highest BCUT2D eigenvalue weighted by Gasteiger charge is 2.22. The molecule has 0 saturated carbocycles. The molecule has 0 aliphatic carbocycles. The minimum atomic E-state index is -0.366. The van der Waals surface area contributed by atoms with Crippen molar-refractivity contribution >= 4 is 11.9 Å². The van der Waals surface area contributed by atoms with Crippen LogP contribution in [0.5, 0.6) is 0 Å². The number of carbonyl (C=O) groups excluding carboxylic acids is 2. The summed E-state index contributed by atoms with van der Waals surface area (Å²) in [7, 11) is 1.37. The zero-order valence-electron chi connectivity index (χ0n) is 15.1. The van der Waals surface area contributed by atoms with E-state index in [1.807, 2.05) is 61.5 Å². The summed E-state index contributed by atoms with van der Waals surface area (Å²) in [5.41, 5.74) is 2.90. The summed E-state index contributed by atoms with van der Waals surface area (Å²) in [6.07, 6.45) is 0.742. The summed E-state index contributed by atoms with van der Waals surface area (Å²) in [6, 6.07) is 17.5. The number of rotatable bonds is 7. The molecule has 0 aliphatic heterocycles. The molecule has 1 amide bonds. The van der Waals surface area contributed by atoms with Crippen LogP contribution in [-0.2, 0) is 16.0 Å². The fourth-order valence-corrected chi connectivity index (χ4v) is 2.67. The minimum Gasteiger partial charge on any atom is -0.469 e. The molecule has 4 nitrogen and oxygen atoms in total. The Hall–Kier alpha value is -2.62. The van der Waals surface area contributed by atoms with Gasteiger partial charge in [0.25, 0.3) is 5.91 Å². The number of aryl methyl sites for hydroxylation is 1. The van der Waals surface area contributed by atoms with E-state index >= 15 is 0 Å². The number of methoxy groups -OCH3 is 1. The molecule has 2 rings (SSSR count). The van der Waals surface area contributed by atoms with Gasteiger partial charge in [0.05, 0.1) is 13.0 Å². The van der Waals surface area contributed by atoms with Crippen LogP contribution < -0.4 is 0 Å². The van der Waals surface area contributed by atoms with Crippen molar-refractivity contribution in [3.8, 4) is 0 Å². The molecular weight excluding hydrogens is 314 g/mol. The summed E-state index contributed by atoms with van der Waals surface area (Å²) < 4.78 is 4.80. The van der Waals surface area contributed by atoms with E-state index in [0.717, 1.165) is 17.5 Å². The average Bonchev–Trinajstić information content (AvgIpc) is 2.65. The topological polar surface area (TPSA) is 46.6 Å². The summed E-state index contributed by atoms with van der Waals surface area (Å²) in [6.45, 7) is 4.66. The van der Waals surface area contributed by atoms with E-state index in [4.69, 9.17) is 4.74 Å². The van der Waals surface area contributed by atoms with Gasteiger partial charge in [0.2, 0.25) is 0 Å². The Morgan fingerprint density at radius 1 is 1.04 bits per heavy atom. The van der Waals surface area contributed by atoms with Gasteiger partial charge in [-0.25, -0.2) is 0 Å². The van der Waals surface area contributed by atoms with Crippen molar-refractivity contribution < 1.29 is 14.3 Å². The highest BCUT2D eigenvalue weighted by molar-refractivity contribution is 5.94. The van der Waals surface area contributed by atoms with Gasteiger partial charge >= 0.3 is 5.97 Å². The van der Waals surface area contributed by atoms with Gasteiger partial charge in [0, 0.05) is 18.7 Å². The molecule has 0 saturated heterocycles. The maximum absolute atomic E-state index is 12.9. The van der Waals surface area contributed by atoms with Crippen molar-refractivity contribution in [1.82, 2.24) is 4.90 Å². The molecule has 0 fully saturated rings. The number of carbonyl (C=O) groups is 2. The van der Waals surface area contributed by atoms with Gasteiger partial charge in [-0.15, -0.1) is 0 Å². The molecule has 0 N–H and O–H groups in total. The Bertz CT molecular complexity index is 695. The lowest BCUT2D eigenvalue weighted by Gasteiger charge is -2.25. The molecule has 25 heavy (non-hydrogen) atoms. The fourth-order valence-electron chi connectivity index (χ4n) is 2.67. The zero-order valence-corrected chi connectivity index (χ0v) is 15.1. The number of esters is 1. The van der Waals surface area contributed by atoms with E-state index in [0.29, 0.717) is 18.7 Å². The molecular formula is C21H25NO3. The van der Waals surface area contributed by atoms with Crippen LogP contribution in [0.1, 0.15) is 28.4 Å². The van der Waals surface area contributed by atoms with Gasteiger partial charge in [-0.05, 0) is 31.0 Å². The van der Waals surface area contributed by atoms with Gasteiger partial charge in [-0.3, -0.25) is 9.59 Å². The maximum Gasteiger partial charge on any atom is 0.310 e. The Kier molecular flexibility index (Phi) is 6.75. The number of nitrogens with zero attached hydrogens (tertiary/aromatic N) is 1. The largest absolute Gasteiger partial charge is 0.469 e. The lowest BCUT2D eigenvalue weighted by atomic mass is 10.1. The fraction of sp³-hybridized carbons (Fsp3) is 0.333. The zero-order chi connectivity index (χ0) is 18.2. The van der Waals surface area contributed by atoms with Gasteiger partial charge in [0.1, 0.15) is 0 Å². The monoisotopic (exact) mass is 339 g/mol. The van der Waals surface area contributed by atoms with Crippen molar-refractivity contribution in [3.63, 3.8) is 0 Å². The molecule has 0 aromatic heterocycles. The molecule has 1 atom stereocenters. The predicted octanol–water partition coefficient (Wildman–Crippen LogP) is 3.49.